The average molecular weight is 209 g/mol. The van der Waals surface area contributed by atoms with Crippen molar-refractivity contribution >= 4 is 5.78 Å². The molecule has 0 saturated heterocycles. The van der Waals surface area contributed by atoms with Gasteiger partial charge in [-0.25, -0.2) is 4.98 Å². The molecule has 0 aliphatic rings. The number of aromatic nitrogens is 2. The average Bonchev–Trinajstić information content (AvgIpc) is 2.63. The Hall–Kier alpha value is -1.16. The van der Waals surface area contributed by atoms with Crippen LogP contribution in [-0.2, 0) is 6.54 Å². The number of aryl methyl sites for hydroxylation is 1. The van der Waals surface area contributed by atoms with E-state index in [1.54, 1.807) is 19.3 Å². The number of Topliss-reactive ketones (excluding diaryl/α,β-unsaturated/α-hetero) is 1. The van der Waals surface area contributed by atoms with Crippen molar-refractivity contribution in [2.24, 2.45) is 5.73 Å². The van der Waals surface area contributed by atoms with Crippen LogP contribution in [0.15, 0.2) is 12.4 Å². The first-order chi connectivity index (χ1) is 7.03. The molecule has 0 aliphatic carbocycles. The molecule has 0 radical (unpaired) electrons. The van der Waals surface area contributed by atoms with Gasteiger partial charge in [0.1, 0.15) is 0 Å². The molecule has 0 spiro atoms. The quantitative estimate of drug-likeness (QED) is 0.749. The second-order valence-corrected chi connectivity index (χ2v) is 4.03. The molecule has 1 aromatic rings. The molecule has 0 fully saturated rings. The van der Waals surface area contributed by atoms with Crippen LogP contribution in [0.1, 0.15) is 44.2 Å². The number of imidazole rings is 1. The molecule has 4 heteroatoms. The van der Waals surface area contributed by atoms with Gasteiger partial charge in [-0.05, 0) is 20.3 Å². The van der Waals surface area contributed by atoms with Crippen LogP contribution in [0.2, 0.25) is 0 Å². The molecule has 1 aromatic heterocycles. The Bertz CT molecular complexity index is 341. The third-order valence-corrected chi connectivity index (χ3v) is 2.55. The van der Waals surface area contributed by atoms with Crippen molar-refractivity contribution in [3.63, 3.8) is 0 Å². The van der Waals surface area contributed by atoms with Gasteiger partial charge in [0.2, 0.25) is 5.78 Å². The summed E-state index contributed by atoms with van der Waals surface area (Å²) in [6.07, 6.45) is 5.02. The van der Waals surface area contributed by atoms with Crippen LogP contribution in [0.3, 0.4) is 0 Å². The minimum atomic E-state index is -0.799. The largest absolute Gasteiger partial charge is 0.329 e. The number of hydrogen-bond donors (Lipinski definition) is 1. The zero-order valence-corrected chi connectivity index (χ0v) is 9.66. The van der Waals surface area contributed by atoms with Crippen molar-refractivity contribution in [1.29, 1.82) is 0 Å². The van der Waals surface area contributed by atoms with Gasteiger partial charge in [-0.3, -0.25) is 4.79 Å². The van der Waals surface area contributed by atoms with Gasteiger partial charge >= 0.3 is 0 Å². The maximum Gasteiger partial charge on any atom is 0.217 e. The SMILES string of the molecule is CCCC(C)(N)C(=O)c1nccn1CC. The number of hydrogen-bond acceptors (Lipinski definition) is 3. The molecule has 84 valence electrons. The molecule has 1 unspecified atom stereocenters. The predicted octanol–water partition coefficient (Wildman–Crippen LogP) is 1.60. The standard InChI is InChI=1S/C11H19N3O/c1-4-6-11(3,12)9(15)10-13-7-8-14(10)5-2/h7-8H,4-6,12H2,1-3H3. The lowest BCUT2D eigenvalue weighted by atomic mass is 9.92. The number of nitrogens with zero attached hydrogens (tertiary/aromatic N) is 2. The summed E-state index contributed by atoms with van der Waals surface area (Å²) in [6, 6.07) is 0. The molecule has 15 heavy (non-hydrogen) atoms. The molecule has 0 aliphatic heterocycles. The molecular formula is C11H19N3O. The van der Waals surface area contributed by atoms with E-state index in [4.69, 9.17) is 5.73 Å². The van der Waals surface area contributed by atoms with Gasteiger partial charge < -0.3 is 10.3 Å². The van der Waals surface area contributed by atoms with Gasteiger partial charge in [-0.2, -0.15) is 0 Å². The zero-order valence-electron chi connectivity index (χ0n) is 9.66. The van der Waals surface area contributed by atoms with Crippen molar-refractivity contribution in [3.8, 4) is 0 Å². The van der Waals surface area contributed by atoms with Crippen molar-refractivity contribution in [1.82, 2.24) is 9.55 Å². The first-order valence-electron chi connectivity index (χ1n) is 5.37. The van der Waals surface area contributed by atoms with Crippen molar-refractivity contribution in [2.45, 2.75) is 45.7 Å². The zero-order chi connectivity index (χ0) is 11.5. The highest BCUT2D eigenvalue weighted by Gasteiger charge is 2.31. The number of carbonyl (C=O) groups is 1. The van der Waals surface area contributed by atoms with E-state index in [-0.39, 0.29) is 5.78 Å². The first kappa shape index (κ1) is 11.9. The number of rotatable bonds is 5. The number of ketones is 1. The summed E-state index contributed by atoms with van der Waals surface area (Å²) in [6.45, 7) is 6.51. The molecule has 0 aromatic carbocycles. The Kier molecular flexibility index (Phi) is 3.63. The Balaban J connectivity index is 2.93. The van der Waals surface area contributed by atoms with Gasteiger partial charge in [-0.1, -0.05) is 13.3 Å². The fourth-order valence-electron chi connectivity index (χ4n) is 1.66. The van der Waals surface area contributed by atoms with Gasteiger partial charge in [-0.15, -0.1) is 0 Å². The van der Waals surface area contributed by atoms with E-state index in [0.717, 1.165) is 13.0 Å². The molecule has 4 nitrogen and oxygen atoms in total. The lowest BCUT2D eigenvalue weighted by Crippen LogP contribution is -2.45. The van der Waals surface area contributed by atoms with Gasteiger partial charge in [0, 0.05) is 18.9 Å². The highest BCUT2D eigenvalue weighted by molar-refractivity contribution is 6.00. The van der Waals surface area contributed by atoms with Gasteiger partial charge in [0.05, 0.1) is 5.54 Å². The van der Waals surface area contributed by atoms with Crippen LogP contribution in [0.25, 0.3) is 0 Å². The van der Waals surface area contributed by atoms with Crippen LogP contribution in [0.5, 0.6) is 0 Å². The Labute approximate surface area is 90.5 Å². The van der Waals surface area contributed by atoms with Crippen LogP contribution >= 0.6 is 0 Å². The van der Waals surface area contributed by atoms with Crippen molar-refractivity contribution in [3.05, 3.63) is 18.2 Å². The molecule has 0 saturated carbocycles. The molecule has 2 N–H and O–H groups in total. The highest BCUT2D eigenvalue weighted by Crippen LogP contribution is 2.15. The molecule has 1 rings (SSSR count). The second-order valence-electron chi connectivity index (χ2n) is 4.03. The van der Waals surface area contributed by atoms with Crippen LogP contribution < -0.4 is 5.73 Å². The summed E-state index contributed by atoms with van der Waals surface area (Å²) in [5, 5.41) is 0. The van der Waals surface area contributed by atoms with Crippen molar-refractivity contribution < 1.29 is 4.79 Å². The topological polar surface area (TPSA) is 60.9 Å². The summed E-state index contributed by atoms with van der Waals surface area (Å²) in [5.74, 6) is 0.396. The van der Waals surface area contributed by atoms with E-state index in [2.05, 4.69) is 4.98 Å². The molecule has 0 amide bonds. The minimum absolute atomic E-state index is 0.0730. The molecular weight excluding hydrogens is 190 g/mol. The Morgan fingerprint density at radius 3 is 2.80 bits per heavy atom. The van der Waals surface area contributed by atoms with E-state index in [1.165, 1.54) is 0 Å². The number of carbonyl (C=O) groups excluding carboxylic acids is 1. The summed E-state index contributed by atoms with van der Waals surface area (Å²) >= 11 is 0. The maximum atomic E-state index is 12.1. The summed E-state index contributed by atoms with van der Waals surface area (Å²) in [5.41, 5.74) is 5.18. The smallest absolute Gasteiger partial charge is 0.217 e. The van der Waals surface area contributed by atoms with Crippen molar-refractivity contribution in [2.75, 3.05) is 0 Å². The van der Waals surface area contributed by atoms with Crippen LogP contribution in [-0.4, -0.2) is 20.9 Å². The van der Waals surface area contributed by atoms with Crippen LogP contribution in [0.4, 0.5) is 0 Å². The predicted molar refractivity (Wildman–Crippen MR) is 59.7 cm³/mol. The summed E-state index contributed by atoms with van der Waals surface area (Å²) in [7, 11) is 0. The second kappa shape index (κ2) is 4.57. The summed E-state index contributed by atoms with van der Waals surface area (Å²) in [4.78, 5) is 16.2. The fourth-order valence-corrected chi connectivity index (χ4v) is 1.66. The summed E-state index contributed by atoms with van der Waals surface area (Å²) < 4.78 is 1.82. The lowest BCUT2D eigenvalue weighted by Gasteiger charge is -2.21. The van der Waals surface area contributed by atoms with Gasteiger partial charge in [0.15, 0.2) is 5.82 Å². The lowest BCUT2D eigenvalue weighted by molar-refractivity contribution is 0.0878. The first-order valence-corrected chi connectivity index (χ1v) is 5.37. The monoisotopic (exact) mass is 209 g/mol. The maximum absolute atomic E-state index is 12.1. The molecule has 0 bridgehead atoms. The third kappa shape index (κ3) is 2.45. The Morgan fingerprint density at radius 2 is 2.27 bits per heavy atom. The van der Waals surface area contributed by atoms with Crippen LogP contribution in [0, 0.1) is 0 Å². The van der Waals surface area contributed by atoms with E-state index >= 15 is 0 Å². The van der Waals surface area contributed by atoms with E-state index in [1.807, 2.05) is 18.4 Å². The van der Waals surface area contributed by atoms with Gasteiger partial charge in [0.25, 0.3) is 0 Å². The van der Waals surface area contributed by atoms with E-state index < -0.39 is 5.54 Å². The third-order valence-electron chi connectivity index (χ3n) is 2.55. The number of nitrogens with two attached hydrogens (primary N) is 1. The van der Waals surface area contributed by atoms with E-state index in [0.29, 0.717) is 12.2 Å². The minimum Gasteiger partial charge on any atom is -0.329 e. The molecule has 1 atom stereocenters. The highest BCUT2D eigenvalue weighted by atomic mass is 16.1. The van der Waals surface area contributed by atoms with E-state index in [9.17, 15) is 4.79 Å². The fraction of sp³-hybridized carbons (Fsp3) is 0.636. The Morgan fingerprint density at radius 1 is 1.60 bits per heavy atom. The normalized spacial score (nSPS) is 14.9. The molecule has 1 heterocycles.